The van der Waals surface area contributed by atoms with E-state index in [1.807, 2.05) is 6.07 Å². The van der Waals surface area contributed by atoms with Gasteiger partial charge in [-0.15, -0.1) is 0 Å². The number of benzene rings is 1. The third kappa shape index (κ3) is 6.69. The molecule has 2 aromatic rings. The van der Waals surface area contributed by atoms with Crippen LogP contribution in [0.3, 0.4) is 0 Å². The fourth-order valence-electron chi connectivity index (χ4n) is 4.68. The van der Waals surface area contributed by atoms with Gasteiger partial charge in [0.25, 0.3) is 0 Å². The van der Waals surface area contributed by atoms with Crippen molar-refractivity contribution in [2.45, 2.75) is 44.0 Å². The molecule has 4 rings (SSSR count). The van der Waals surface area contributed by atoms with E-state index in [1.165, 1.54) is 18.3 Å². The highest BCUT2D eigenvalue weighted by Gasteiger charge is 2.34. The molecule has 1 N–H and O–H groups in total. The van der Waals surface area contributed by atoms with Gasteiger partial charge >= 0.3 is 6.18 Å². The van der Waals surface area contributed by atoms with E-state index in [4.69, 9.17) is 15.3 Å². The molecule has 2 heterocycles. The van der Waals surface area contributed by atoms with Crippen LogP contribution in [0.1, 0.15) is 42.4 Å². The lowest BCUT2D eigenvalue weighted by atomic mass is 9.92. The number of halogens is 3. The minimum atomic E-state index is -4.59. The highest BCUT2D eigenvalue weighted by atomic mass is 19.4. The molecule has 1 aliphatic heterocycles. The minimum absolute atomic E-state index is 0.00242. The third-order valence-corrected chi connectivity index (χ3v) is 6.77. The number of piperazine rings is 1. The van der Waals surface area contributed by atoms with Crippen LogP contribution in [0, 0.1) is 22.7 Å². The van der Waals surface area contributed by atoms with E-state index >= 15 is 0 Å². The fourth-order valence-corrected chi connectivity index (χ4v) is 4.68. The first-order valence-corrected chi connectivity index (χ1v) is 12.1. The summed E-state index contributed by atoms with van der Waals surface area (Å²) >= 11 is 0. The number of nitrogens with zero attached hydrogens (tertiary/aromatic N) is 5. The van der Waals surface area contributed by atoms with Crippen LogP contribution in [0.2, 0.25) is 0 Å². The van der Waals surface area contributed by atoms with Gasteiger partial charge in [-0.25, -0.2) is 4.98 Å². The van der Waals surface area contributed by atoms with Crippen molar-refractivity contribution in [3.63, 3.8) is 0 Å². The number of hydrogen-bond acceptors (Lipinski definition) is 7. The number of rotatable bonds is 6. The Hall–Kier alpha value is -3.83. The van der Waals surface area contributed by atoms with E-state index in [1.54, 1.807) is 23.1 Å². The minimum Gasteiger partial charge on any atom is -0.382 e. The maximum Gasteiger partial charge on any atom is 0.417 e. The van der Waals surface area contributed by atoms with E-state index in [0.717, 1.165) is 11.9 Å². The lowest BCUT2D eigenvalue weighted by Gasteiger charge is -2.36. The number of carbonyl (C=O) groups excluding carboxylic acids is 1. The summed E-state index contributed by atoms with van der Waals surface area (Å²) in [5, 5.41) is 21.0. The highest BCUT2D eigenvalue weighted by Crippen LogP contribution is 2.34. The zero-order valence-electron chi connectivity index (χ0n) is 20.2. The Balaban J connectivity index is 1.19. The van der Waals surface area contributed by atoms with Crippen LogP contribution in [0.5, 0.6) is 0 Å². The Kier molecular flexibility index (Phi) is 8.14. The number of aromatic nitrogens is 1. The second-order valence-corrected chi connectivity index (χ2v) is 9.18. The molecule has 1 aliphatic carbocycles. The smallest absolute Gasteiger partial charge is 0.382 e. The first-order valence-electron chi connectivity index (χ1n) is 12.1. The topological polar surface area (TPSA) is 105 Å². The van der Waals surface area contributed by atoms with Gasteiger partial charge in [-0.3, -0.25) is 4.79 Å². The van der Waals surface area contributed by atoms with Crippen LogP contribution >= 0.6 is 0 Å². The number of nitrogens with one attached hydrogen (secondary N) is 1. The first kappa shape index (κ1) is 26.2. The molecule has 0 atom stereocenters. The molecule has 8 nitrogen and oxygen atoms in total. The molecule has 1 aromatic heterocycles. The van der Waals surface area contributed by atoms with Gasteiger partial charge in [0, 0.05) is 44.1 Å². The van der Waals surface area contributed by atoms with Gasteiger partial charge in [-0.1, -0.05) is 0 Å². The summed E-state index contributed by atoms with van der Waals surface area (Å²) in [5.74, 6) is 0.716. The lowest BCUT2D eigenvalue weighted by molar-refractivity contribution is -0.139. The van der Waals surface area contributed by atoms with Crippen molar-refractivity contribution in [2.24, 2.45) is 0 Å². The third-order valence-electron chi connectivity index (χ3n) is 6.77. The fraction of sp³-hybridized carbons (Fsp3) is 0.462. The normalized spacial score (nSPS) is 20.1. The molecule has 37 heavy (non-hydrogen) atoms. The van der Waals surface area contributed by atoms with E-state index in [-0.39, 0.29) is 24.7 Å². The van der Waals surface area contributed by atoms with Crippen molar-refractivity contribution in [3.8, 4) is 12.1 Å². The van der Waals surface area contributed by atoms with Crippen molar-refractivity contribution in [1.29, 1.82) is 10.5 Å². The Morgan fingerprint density at radius 3 is 2.38 bits per heavy atom. The summed E-state index contributed by atoms with van der Waals surface area (Å²) in [6.45, 7) is 2.41. The standard InChI is InChI=1S/C26H27F3N6O2/c27-26(28,29)23-13-21(3-2-19(23)15-31)33-20-4-6-22(7-5-20)37-17-25(36)35-11-9-34(10-12-35)24-8-1-18(14-30)16-32-24/h1-3,8,13,16,20,22,33H,4-7,9-12,17H2. The van der Waals surface area contributed by atoms with Crippen LogP contribution < -0.4 is 10.2 Å². The van der Waals surface area contributed by atoms with Gasteiger partial charge in [0.15, 0.2) is 0 Å². The molecule has 2 aliphatic rings. The van der Waals surface area contributed by atoms with Gasteiger partial charge in [-0.2, -0.15) is 23.7 Å². The van der Waals surface area contributed by atoms with Crippen LogP contribution in [0.15, 0.2) is 36.5 Å². The number of carbonyl (C=O) groups is 1. The second kappa shape index (κ2) is 11.5. The Labute approximate surface area is 213 Å². The van der Waals surface area contributed by atoms with Crippen LogP contribution in [-0.2, 0) is 15.7 Å². The Morgan fingerprint density at radius 2 is 1.78 bits per heavy atom. The number of amides is 1. The number of anilines is 2. The molecule has 194 valence electrons. The van der Waals surface area contributed by atoms with Gasteiger partial charge in [0.05, 0.1) is 28.9 Å². The van der Waals surface area contributed by atoms with Crippen molar-refractivity contribution >= 4 is 17.4 Å². The number of alkyl halides is 3. The SMILES string of the molecule is N#Cc1ccc(N2CCN(C(=O)COC3CCC(Nc4ccc(C#N)c(C(F)(F)F)c4)CC3)CC2)nc1. The average Bonchev–Trinajstić information content (AvgIpc) is 2.92. The average molecular weight is 513 g/mol. The van der Waals surface area contributed by atoms with Crippen LogP contribution in [0.25, 0.3) is 0 Å². The molecule has 1 amide bonds. The first-order chi connectivity index (χ1) is 17.8. The number of pyridine rings is 1. The van der Waals surface area contributed by atoms with Crippen LogP contribution in [0.4, 0.5) is 24.7 Å². The predicted octanol–water partition coefficient (Wildman–Crippen LogP) is 3.93. The van der Waals surface area contributed by atoms with E-state index in [9.17, 15) is 18.0 Å². The largest absolute Gasteiger partial charge is 0.417 e. The van der Waals surface area contributed by atoms with Gasteiger partial charge in [-0.05, 0) is 56.0 Å². The zero-order chi connectivity index (χ0) is 26.4. The molecule has 2 fully saturated rings. The van der Waals surface area contributed by atoms with E-state index in [0.29, 0.717) is 63.1 Å². The highest BCUT2D eigenvalue weighted by molar-refractivity contribution is 5.77. The summed E-state index contributed by atoms with van der Waals surface area (Å²) in [6.07, 6.45) is -0.315. The van der Waals surface area contributed by atoms with E-state index < -0.39 is 17.3 Å². The monoisotopic (exact) mass is 512 g/mol. The number of nitriles is 2. The van der Waals surface area contributed by atoms with Crippen molar-refractivity contribution in [2.75, 3.05) is 43.0 Å². The molecule has 0 spiro atoms. The molecule has 11 heteroatoms. The summed E-state index contributed by atoms with van der Waals surface area (Å²) in [5.41, 5.74) is -0.498. The maximum absolute atomic E-state index is 13.2. The van der Waals surface area contributed by atoms with Crippen LogP contribution in [-0.4, -0.2) is 60.7 Å². The number of hydrogen-bond donors (Lipinski definition) is 1. The molecule has 0 radical (unpaired) electrons. The molecule has 1 saturated carbocycles. The predicted molar refractivity (Wildman–Crippen MR) is 130 cm³/mol. The molecule has 1 saturated heterocycles. The maximum atomic E-state index is 13.2. The van der Waals surface area contributed by atoms with Crippen molar-refractivity contribution < 1.29 is 22.7 Å². The van der Waals surface area contributed by atoms with Gasteiger partial charge in [0.1, 0.15) is 18.5 Å². The quantitative estimate of drug-likeness (QED) is 0.625. The molecule has 0 bridgehead atoms. The van der Waals surface area contributed by atoms with Gasteiger partial charge < -0.3 is 19.9 Å². The summed E-state index contributed by atoms with van der Waals surface area (Å²) < 4.78 is 45.5. The lowest BCUT2D eigenvalue weighted by Crippen LogP contribution is -2.50. The molecule has 0 unspecified atom stereocenters. The molecular weight excluding hydrogens is 485 g/mol. The Bertz CT molecular complexity index is 1170. The summed E-state index contributed by atoms with van der Waals surface area (Å²) in [6, 6.07) is 10.8. The molecule has 1 aromatic carbocycles. The van der Waals surface area contributed by atoms with Crippen molar-refractivity contribution in [1.82, 2.24) is 9.88 Å². The van der Waals surface area contributed by atoms with Crippen molar-refractivity contribution in [3.05, 3.63) is 53.2 Å². The summed E-state index contributed by atoms with van der Waals surface area (Å²) in [7, 11) is 0. The number of ether oxygens (including phenoxy) is 1. The molecular formula is C26H27F3N6O2. The summed E-state index contributed by atoms with van der Waals surface area (Å²) in [4.78, 5) is 20.8. The van der Waals surface area contributed by atoms with E-state index in [2.05, 4.69) is 15.2 Å². The second-order valence-electron chi connectivity index (χ2n) is 9.18. The Morgan fingerprint density at radius 1 is 1.05 bits per heavy atom. The zero-order valence-corrected chi connectivity index (χ0v) is 20.2. The van der Waals surface area contributed by atoms with Gasteiger partial charge in [0.2, 0.25) is 5.91 Å².